The van der Waals surface area contributed by atoms with Crippen molar-refractivity contribution in [2.45, 2.75) is 72.0 Å². The first-order valence-electron chi connectivity index (χ1n) is 14.8. The van der Waals surface area contributed by atoms with Gasteiger partial charge < -0.3 is 25.0 Å². The SMILES string of the molecule is COCCOc1ccc(N(Cc2cnccc2C)C2CCN([C@H](C)CCc3ccc(C)c(C(N)=O)c3C)CC2)cc1. The Morgan fingerprint density at radius 1 is 1.02 bits per heavy atom. The lowest BCUT2D eigenvalue weighted by atomic mass is 9.93. The van der Waals surface area contributed by atoms with Gasteiger partial charge in [0.25, 0.3) is 0 Å². The number of ether oxygens (including phenoxy) is 2. The van der Waals surface area contributed by atoms with E-state index in [0.29, 0.717) is 30.9 Å². The molecule has 1 amide bonds. The number of nitrogens with two attached hydrogens (primary N) is 1. The van der Waals surface area contributed by atoms with Crippen molar-refractivity contribution in [3.8, 4) is 5.75 Å². The number of carbonyl (C=O) groups excluding carboxylic acids is 1. The van der Waals surface area contributed by atoms with Crippen LogP contribution >= 0.6 is 0 Å². The Kier molecular flexibility index (Phi) is 10.8. The predicted octanol–water partition coefficient (Wildman–Crippen LogP) is 5.62. The van der Waals surface area contributed by atoms with Crippen LogP contribution in [0.4, 0.5) is 5.69 Å². The molecule has 3 aromatic rings. The zero-order valence-corrected chi connectivity index (χ0v) is 25.4. The van der Waals surface area contributed by atoms with E-state index in [9.17, 15) is 4.79 Å². The highest BCUT2D eigenvalue weighted by Crippen LogP contribution is 2.29. The molecule has 220 valence electrons. The van der Waals surface area contributed by atoms with Crippen molar-refractivity contribution in [2.24, 2.45) is 5.73 Å². The number of piperidine rings is 1. The number of carbonyl (C=O) groups is 1. The quantitative estimate of drug-likeness (QED) is 0.274. The highest BCUT2D eigenvalue weighted by Gasteiger charge is 2.28. The van der Waals surface area contributed by atoms with Crippen LogP contribution in [0.25, 0.3) is 0 Å². The Morgan fingerprint density at radius 2 is 1.76 bits per heavy atom. The highest BCUT2D eigenvalue weighted by molar-refractivity contribution is 5.96. The fourth-order valence-corrected chi connectivity index (χ4v) is 5.98. The maximum Gasteiger partial charge on any atom is 0.249 e. The van der Waals surface area contributed by atoms with Crippen molar-refractivity contribution < 1.29 is 14.3 Å². The van der Waals surface area contributed by atoms with Crippen LogP contribution in [0, 0.1) is 20.8 Å². The van der Waals surface area contributed by atoms with Gasteiger partial charge in [-0.15, -0.1) is 0 Å². The van der Waals surface area contributed by atoms with E-state index in [0.717, 1.165) is 62.2 Å². The van der Waals surface area contributed by atoms with Crippen LogP contribution < -0.4 is 15.4 Å². The van der Waals surface area contributed by atoms with Crippen molar-refractivity contribution >= 4 is 11.6 Å². The molecular weight excluding hydrogens is 512 g/mol. The zero-order chi connectivity index (χ0) is 29.4. The van der Waals surface area contributed by atoms with Gasteiger partial charge in [-0.05, 0) is 112 Å². The number of pyridine rings is 1. The standard InChI is InChI=1S/C34H46N4O3/c1-24-14-17-36-22-29(24)23-38(30-10-12-32(13-11-30)41-21-20-40-5)31-15-18-37(19-16-31)26(3)7-9-28-8-6-25(2)33(27(28)4)34(35)39/h6,8,10-14,17,22,26,31H,7,9,15-16,18-21,23H2,1-5H3,(H2,35,39)/t26-/m1/s1. The van der Waals surface area contributed by atoms with Gasteiger partial charge in [0.1, 0.15) is 12.4 Å². The van der Waals surface area contributed by atoms with Gasteiger partial charge >= 0.3 is 0 Å². The molecule has 7 nitrogen and oxygen atoms in total. The van der Waals surface area contributed by atoms with Crippen LogP contribution in [-0.4, -0.2) is 61.3 Å². The van der Waals surface area contributed by atoms with Gasteiger partial charge in [-0.3, -0.25) is 9.78 Å². The van der Waals surface area contributed by atoms with E-state index < -0.39 is 0 Å². The Labute approximate surface area is 245 Å². The van der Waals surface area contributed by atoms with E-state index >= 15 is 0 Å². The molecule has 4 rings (SSSR count). The lowest BCUT2D eigenvalue weighted by molar-refractivity contribution is 0.0999. The third kappa shape index (κ3) is 7.86. The van der Waals surface area contributed by atoms with Gasteiger partial charge in [0.2, 0.25) is 5.91 Å². The summed E-state index contributed by atoms with van der Waals surface area (Å²) in [5, 5.41) is 0. The summed E-state index contributed by atoms with van der Waals surface area (Å²) in [7, 11) is 1.68. The molecule has 1 aliphatic rings. The summed E-state index contributed by atoms with van der Waals surface area (Å²) in [6.45, 7) is 12.5. The van der Waals surface area contributed by atoms with Crippen molar-refractivity contribution in [3.63, 3.8) is 0 Å². The fourth-order valence-electron chi connectivity index (χ4n) is 5.98. The van der Waals surface area contributed by atoms with E-state index in [1.54, 1.807) is 7.11 Å². The maximum absolute atomic E-state index is 12.0. The topological polar surface area (TPSA) is 80.9 Å². The van der Waals surface area contributed by atoms with Crippen molar-refractivity contribution in [3.05, 3.63) is 88.2 Å². The first-order valence-corrected chi connectivity index (χ1v) is 14.8. The summed E-state index contributed by atoms with van der Waals surface area (Å²) < 4.78 is 10.9. The molecule has 2 heterocycles. The number of rotatable bonds is 13. The fraction of sp³-hybridized carbons (Fsp3) is 0.471. The number of aromatic nitrogens is 1. The van der Waals surface area contributed by atoms with Gasteiger partial charge in [-0.2, -0.15) is 0 Å². The second-order valence-corrected chi connectivity index (χ2v) is 11.3. The second kappa shape index (κ2) is 14.5. The summed E-state index contributed by atoms with van der Waals surface area (Å²) >= 11 is 0. The Hall–Kier alpha value is -3.42. The van der Waals surface area contributed by atoms with Crippen LogP contribution in [0.15, 0.2) is 54.9 Å². The average molecular weight is 559 g/mol. The minimum Gasteiger partial charge on any atom is -0.491 e. The van der Waals surface area contributed by atoms with E-state index in [2.05, 4.69) is 65.0 Å². The average Bonchev–Trinajstić information content (AvgIpc) is 2.97. The van der Waals surface area contributed by atoms with Gasteiger partial charge in [-0.1, -0.05) is 12.1 Å². The summed E-state index contributed by atoms with van der Waals surface area (Å²) in [4.78, 5) is 21.5. The number of hydrogen-bond acceptors (Lipinski definition) is 6. The molecule has 0 unspecified atom stereocenters. The first kappa shape index (κ1) is 30.5. The van der Waals surface area contributed by atoms with Gasteiger partial charge in [0.15, 0.2) is 0 Å². The molecule has 1 fully saturated rings. The monoisotopic (exact) mass is 558 g/mol. The Morgan fingerprint density at radius 3 is 2.41 bits per heavy atom. The van der Waals surface area contributed by atoms with Crippen LogP contribution in [0.2, 0.25) is 0 Å². The van der Waals surface area contributed by atoms with E-state index in [1.807, 2.05) is 32.3 Å². The van der Waals surface area contributed by atoms with Gasteiger partial charge in [0, 0.05) is 62.5 Å². The van der Waals surface area contributed by atoms with Gasteiger partial charge in [0.05, 0.1) is 6.61 Å². The lowest BCUT2D eigenvalue weighted by Crippen LogP contribution is -2.47. The number of hydrogen-bond donors (Lipinski definition) is 1. The molecule has 1 aromatic heterocycles. The minimum absolute atomic E-state index is 0.337. The summed E-state index contributed by atoms with van der Waals surface area (Å²) in [6, 6.07) is 15.6. The van der Waals surface area contributed by atoms with Gasteiger partial charge in [-0.25, -0.2) is 0 Å². The molecule has 2 aromatic carbocycles. The van der Waals surface area contributed by atoms with Crippen molar-refractivity contribution in [1.82, 2.24) is 9.88 Å². The van der Waals surface area contributed by atoms with Crippen LogP contribution in [-0.2, 0) is 17.7 Å². The number of aryl methyl sites for hydroxylation is 3. The molecule has 0 radical (unpaired) electrons. The normalized spacial score (nSPS) is 15.0. The molecule has 0 aliphatic carbocycles. The van der Waals surface area contributed by atoms with Crippen LogP contribution in [0.5, 0.6) is 5.75 Å². The number of methoxy groups -OCH3 is 1. The largest absolute Gasteiger partial charge is 0.491 e. The smallest absolute Gasteiger partial charge is 0.249 e. The highest BCUT2D eigenvalue weighted by atomic mass is 16.5. The van der Waals surface area contributed by atoms with Crippen molar-refractivity contribution in [2.75, 3.05) is 38.3 Å². The maximum atomic E-state index is 12.0. The first-order chi connectivity index (χ1) is 19.8. The molecule has 7 heteroatoms. The molecule has 0 spiro atoms. The molecule has 2 N–H and O–H groups in total. The van der Waals surface area contributed by atoms with E-state index in [-0.39, 0.29) is 5.91 Å². The van der Waals surface area contributed by atoms with E-state index in [4.69, 9.17) is 15.2 Å². The summed E-state index contributed by atoms with van der Waals surface area (Å²) in [6.07, 6.45) is 8.06. The number of anilines is 1. The second-order valence-electron chi connectivity index (χ2n) is 11.3. The molecule has 0 saturated carbocycles. The van der Waals surface area contributed by atoms with Crippen molar-refractivity contribution in [1.29, 1.82) is 0 Å². The predicted molar refractivity (Wildman–Crippen MR) is 166 cm³/mol. The van der Waals surface area contributed by atoms with Crippen LogP contribution in [0.1, 0.15) is 64.4 Å². The third-order valence-corrected chi connectivity index (χ3v) is 8.64. The zero-order valence-electron chi connectivity index (χ0n) is 25.4. The molecule has 41 heavy (non-hydrogen) atoms. The molecular formula is C34H46N4O3. The molecule has 0 bridgehead atoms. The van der Waals surface area contributed by atoms with Crippen LogP contribution in [0.3, 0.4) is 0 Å². The number of likely N-dealkylation sites (tertiary alicyclic amines) is 1. The summed E-state index contributed by atoms with van der Waals surface area (Å²) in [5.74, 6) is 0.523. The van der Waals surface area contributed by atoms with E-state index in [1.165, 1.54) is 22.4 Å². The minimum atomic E-state index is -0.337. The number of amides is 1. The molecule has 1 saturated heterocycles. The molecule has 1 aliphatic heterocycles. The lowest BCUT2D eigenvalue weighted by Gasteiger charge is -2.42. The third-order valence-electron chi connectivity index (χ3n) is 8.64. The summed E-state index contributed by atoms with van der Waals surface area (Å²) in [5.41, 5.74) is 13.3. The Balaban J connectivity index is 1.41. The molecule has 1 atom stereocenters. The number of nitrogens with zero attached hydrogens (tertiary/aromatic N) is 3. The Bertz CT molecular complexity index is 1290. The number of benzene rings is 2. The number of primary amides is 1.